The van der Waals surface area contributed by atoms with E-state index in [0.29, 0.717) is 19.5 Å². The number of rotatable bonds is 4. The fourth-order valence-electron chi connectivity index (χ4n) is 1.11. The maximum atomic E-state index is 11.4. The third-order valence-corrected chi connectivity index (χ3v) is 1.82. The molecule has 1 rings (SSSR count). The lowest BCUT2D eigenvalue weighted by Crippen LogP contribution is -2.23. The molecule has 0 atom stereocenters. The Bertz CT molecular complexity index is 287. The quantitative estimate of drug-likeness (QED) is 0.694. The molecule has 0 unspecified atom stereocenters. The Balaban J connectivity index is 2.73. The fourth-order valence-corrected chi connectivity index (χ4v) is 1.11. The summed E-state index contributed by atoms with van der Waals surface area (Å²) >= 11 is 0. The molecule has 0 aliphatic heterocycles. The molecule has 12 heavy (non-hydrogen) atoms. The molecule has 4 nitrogen and oxygen atoms in total. The summed E-state index contributed by atoms with van der Waals surface area (Å²) < 4.78 is 3.25. The van der Waals surface area contributed by atoms with Gasteiger partial charge in [0.1, 0.15) is 0 Å². The summed E-state index contributed by atoms with van der Waals surface area (Å²) in [5, 5.41) is 8.56. The number of aliphatic hydroxyl groups excluding tert-OH is 1. The first kappa shape index (κ1) is 9.06. The number of hydrogen-bond donors (Lipinski definition) is 1. The third kappa shape index (κ3) is 1.76. The molecular formula is C8H14N2O2. The molecule has 0 aliphatic rings. The van der Waals surface area contributed by atoms with Gasteiger partial charge in [0.25, 0.3) is 0 Å². The first-order chi connectivity index (χ1) is 5.79. The Morgan fingerprint density at radius 1 is 1.42 bits per heavy atom. The van der Waals surface area contributed by atoms with E-state index in [1.54, 1.807) is 21.5 Å². The predicted molar refractivity (Wildman–Crippen MR) is 46.1 cm³/mol. The highest BCUT2D eigenvalue weighted by Crippen LogP contribution is 1.87. The standard InChI is InChI=1S/C8H14N2O2/c1-2-9-5-6-10(8(9)12)4-3-7-11/h5-6,11H,2-4,7H2,1H3. The minimum atomic E-state index is 0.00551. The van der Waals surface area contributed by atoms with E-state index in [-0.39, 0.29) is 12.3 Å². The van der Waals surface area contributed by atoms with Gasteiger partial charge in [-0.05, 0) is 13.3 Å². The van der Waals surface area contributed by atoms with E-state index < -0.39 is 0 Å². The Morgan fingerprint density at radius 3 is 2.58 bits per heavy atom. The van der Waals surface area contributed by atoms with E-state index in [2.05, 4.69) is 0 Å². The summed E-state index contributed by atoms with van der Waals surface area (Å²) in [5.41, 5.74) is 0.00551. The van der Waals surface area contributed by atoms with Crippen molar-refractivity contribution in [1.82, 2.24) is 9.13 Å². The average Bonchev–Trinajstić information content (AvgIpc) is 2.43. The average molecular weight is 170 g/mol. The molecule has 68 valence electrons. The van der Waals surface area contributed by atoms with Gasteiger partial charge in [0.05, 0.1) is 0 Å². The lowest BCUT2D eigenvalue weighted by Gasteiger charge is -1.97. The molecule has 1 aromatic rings. The highest BCUT2D eigenvalue weighted by atomic mass is 16.3. The Hall–Kier alpha value is -1.03. The molecule has 0 fully saturated rings. The van der Waals surface area contributed by atoms with Crippen LogP contribution in [0.4, 0.5) is 0 Å². The van der Waals surface area contributed by atoms with Crippen molar-refractivity contribution in [3.8, 4) is 0 Å². The van der Waals surface area contributed by atoms with Gasteiger partial charge in [-0.3, -0.25) is 9.13 Å². The largest absolute Gasteiger partial charge is 0.396 e. The highest BCUT2D eigenvalue weighted by molar-refractivity contribution is 4.80. The predicted octanol–water partition coefficient (Wildman–Crippen LogP) is 0.0521. The number of aliphatic hydroxyl groups is 1. The first-order valence-corrected chi connectivity index (χ1v) is 4.16. The van der Waals surface area contributed by atoms with Gasteiger partial charge < -0.3 is 5.11 Å². The summed E-state index contributed by atoms with van der Waals surface area (Å²) in [6.45, 7) is 3.36. The zero-order valence-electron chi connectivity index (χ0n) is 7.23. The maximum Gasteiger partial charge on any atom is 0.328 e. The molecule has 0 amide bonds. The van der Waals surface area contributed by atoms with Crippen LogP contribution in [0.2, 0.25) is 0 Å². The monoisotopic (exact) mass is 170 g/mol. The van der Waals surface area contributed by atoms with Gasteiger partial charge in [0, 0.05) is 32.1 Å². The van der Waals surface area contributed by atoms with Crippen molar-refractivity contribution in [1.29, 1.82) is 0 Å². The minimum absolute atomic E-state index is 0.00551. The number of nitrogens with zero attached hydrogens (tertiary/aromatic N) is 2. The van der Waals surface area contributed by atoms with E-state index >= 15 is 0 Å². The lowest BCUT2D eigenvalue weighted by atomic mass is 10.4. The molecule has 1 heterocycles. The number of aryl methyl sites for hydroxylation is 2. The van der Waals surface area contributed by atoms with Crippen molar-refractivity contribution in [2.45, 2.75) is 26.4 Å². The van der Waals surface area contributed by atoms with Crippen LogP contribution in [-0.4, -0.2) is 20.8 Å². The Kier molecular flexibility index (Phi) is 3.10. The smallest absolute Gasteiger partial charge is 0.328 e. The molecule has 0 saturated heterocycles. The summed E-state index contributed by atoms with van der Waals surface area (Å²) in [6.07, 6.45) is 4.15. The van der Waals surface area contributed by atoms with Crippen molar-refractivity contribution in [2.75, 3.05) is 6.61 Å². The topological polar surface area (TPSA) is 47.2 Å². The van der Waals surface area contributed by atoms with Gasteiger partial charge in [-0.2, -0.15) is 0 Å². The van der Waals surface area contributed by atoms with Gasteiger partial charge in [0.15, 0.2) is 0 Å². The summed E-state index contributed by atoms with van der Waals surface area (Å²) in [7, 11) is 0. The van der Waals surface area contributed by atoms with Crippen LogP contribution in [0.25, 0.3) is 0 Å². The zero-order valence-corrected chi connectivity index (χ0v) is 7.23. The van der Waals surface area contributed by atoms with Crippen LogP contribution in [0.5, 0.6) is 0 Å². The third-order valence-electron chi connectivity index (χ3n) is 1.82. The second kappa shape index (κ2) is 4.11. The maximum absolute atomic E-state index is 11.4. The van der Waals surface area contributed by atoms with Gasteiger partial charge in [-0.25, -0.2) is 4.79 Å². The van der Waals surface area contributed by atoms with Crippen LogP contribution in [0.3, 0.4) is 0 Å². The molecule has 0 radical (unpaired) electrons. The van der Waals surface area contributed by atoms with Gasteiger partial charge in [-0.15, -0.1) is 0 Å². The van der Waals surface area contributed by atoms with E-state index in [4.69, 9.17) is 5.11 Å². The van der Waals surface area contributed by atoms with Crippen LogP contribution < -0.4 is 5.69 Å². The second-order valence-corrected chi connectivity index (χ2v) is 2.64. The molecule has 0 aliphatic carbocycles. The zero-order chi connectivity index (χ0) is 8.97. The highest BCUT2D eigenvalue weighted by Gasteiger charge is 1.99. The first-order valence-electron chi connectivity index (χ1n) is 4.16. The van der Waals surface area contributed by atoms with E-state index in [1.165, 1.54) is 0 Å². The van der Waals surface area contributed by atoms with E-state index in [9.17, 15) is 4.79 Å². The van der Waals surface area contributed by atoms with Gasteiger partial charge in [0.2, 0.25) is 0 Å². The number of hydrogen-bond acceptors (Lipinski definition) is 2. The molecule has 0 aromatic carbocycles. The molecule has 0 spiro atoms. The number of imidazole rings is 1. The molecule has 0 saturated carbocycles. The van der Waals surface area contributed by atoms with Crippen LogP contribution in [0, 0.1) is 0 Å². The van der Waals surface area contributed by atoms with Crippen molar-refractivity contribution >= 4 is 0 Å². The van der Waals surface area contributed by atoms with Crippen LogP contribution >= 0.6 is 0 Å². The van der Waals surface area contributed by atoms with E-state index in [1.807, 2.05) is 6.92 Å². The van der Waals surface area contributed by atoms with Crippen LogP contribution in [0.1, 0.15) is 13.3 Å². The van der Waals surface area contributed by atoms with Crippen molar-refractivity contribution in [3.63, 3.8) is 0 Å². The van der Waals surface area contributed by atoms with Crippen LogP contribution in [0.15, 0.2) is 17.2 Å². The van der Waals surface area contributed by atoms with Crippen LogP contribution in [-0.2, 0) is 13.1 Å². The molecule has 1 N–H and O–H groups in total. The SMILES string of the molecule is CCn1ccn(CCCO)c1=O. The fraction of sp³-hybridized carbons (Fsp3) is 0.625. The molecular weight excluding hydrogens is 156 g/mol. The second-order valence-electron chi connectivity index (χ2n) is 2.64. The van der Waals surface area contributed by atoms with Gasteiger partial charge in [-0.1, -0.05) is 0 Å². The summed E-state index contributed by atoms with van der Waals surface area (Å²) in [4.78, 5) is 11.4. The van der Waals surface area contributed by atoms with Crippen molar-refractivity contribution < 1.29 is 5.11 Å². The molecule has 1 aromatic heterocycles. The lowest BCUT2D eigenvalue weighted by molar-refractivity contribution is 0.279. The summed E-state index contributed by atoms with van der Waals surface area (Å²) in [5.74, 6) is 0. The molecule has 4 heteroatoms. The van der Waals surface area contributed by atoms with Gasteiger partial charge >= 0.3 is 5.69 Å². The van der Waals surface area contributed by atoms with Crippen molar-refractivity contribution in [3.05, 3.63) is 22.9 Å². The van der Waals surface area contributed by atoms with E-state index in [0.717, 1.165) is 0 Å². The Morgan fingerprint density at radius 2 is 2.08 bits per heavy atom. The number of aromatic nitrogens is 2. The normalized spacial score (nSPS) is 10.5. The van der Waals surface area contributed by atoms with Crippen molar-refractivity contribution in [2.24, 2.45) is 0 Å². The summed E-state index contributed by atoms with van der Waals surface area (Å²) in [6, 6.07) is 0. The Labute approximate surface area is 71.1 Å². The minimum Gasteiger partial charge on any atom is -0.396 e. The molecule has 0 bridgehead atoms.